The first-order chi connectivity index (χ1) is 10.2. The number of alkyl carbamates (subject to hydrolysis) is 1. The molecular weight excluding hydrogens is 288 g/mol. The molecule has 0 bridgehead atoms. The maximum Gasteiger partial charge on any atom is 0.407 e. The highest BCUT2D eigenvalue weighted by Crippen LogP contribution is 2.37. The molecule has 8 nitrogen and oxygen atoms in total. The molecule has 122 valence electrons. The van der Waals surface area contributed by atoms with E-state index in [-0.39, 0.29) is 12.0 Å². The van der Waals surface area contributed by atoms with Gasteiger partial charge in [0.05, 0.1) is 17.7 Å². The maximum absolute atomic E-state index is 11.5. The number of nitrogens with one attached hydrogen (secondary N) is 1. The fourth-order valence-electron chi connectivity index (χ4n) is 2.22. The lowest BCUT2D eigenvalue weighted by Gasteiger charge is -2.31. The predicted molar refractivity (Wildman–Crippen MR) is 77.4 cm³/mol. The van der Waals surface area contributed by atoms with Gasteiger partial charge in [0.15, 0.2) is 0 Å². The van der Waals surface area contributed by atoms with Crippen molar-refractivity contribution in [2.24, 2.45) is 5.92 Å². The molecule has 8 heteroatoms. The van der Waals surface area contributed by atoms with E-state index in [4.69, 9.17) is 9.84 Å². The van der Waals surface area contributed by atoms with Crippen molar-refractivity contribution in [3.63, 3.8) is 0 Å². The van der Waals surface area contributed by atoms with E-state index in [9.17, 15) is 9.59 Å². The van der Waals surface area contributed by atoms with Gasteiger partial charge in [-0.2, -0.15) is 0 Å². The standard InChI is InChI=1S/C14H22N4O4/c1-14(2,3)22-13(21)15-5-4-10-8-18(17-16-10)11-6-9(7-11)12(19)20/h8-9,11H,4-7H2,1-3H3,(H,15,21)(H,19,20). The van der Waals surface area contributed by atoms with Gasteiger partial charge in [-0.1, -0.05) is 5.21 Å². The molecule has 2 N–H and O–H groups in total. The Balaban J connectivity index is 1.72. The lowest BCUT2D eigenvalue weighted by molar-refractivity contribution is -0.146. The number of carboxylic acids is 1. The fraction of sp³-hybridized carbons (Fsp3) is 0.714. The molecule has 22 heavy (non-hydrogen) atoms. The SMILES string of the molecule is CC(C)(C)OC(=O)NCCc1cn(C2CC(C(=O)O)C2)nn1. The van der Waals surface area contributed by atoms with Crippen LogP contribution in [0.4, 0.5) is 4.79 Å². The quantitative estimate of drug-likeness (QED) is 0.851. The van der Waals surface area contributed by atoms with Crippen molar-refractivity contribution >= 4 is 12.1 Å². The highest BCUT2D eigenvalue weighted by atomic mass is 16.6. The van der Waals surface area contributed by atoms with Gasteiger partial charge >= 0.3 is 12.1 Å². The zero-order valence-electron chi connectivity index (χ0n) is 13.1. The number of carbonyl (C=O) groups excluding carboxylic acids is 1. The molecular formula is C14H22N4O4. The number of aromatic nitrogens is 3. The summed E-state index contributed by atoms with van der Waals surface area (Å²) in [6.07, 6.45) is 3.08. The smallest absolute Gasteiger partial charge is 0.407 e. The summed E-state index contributed by atoms with van der Waals surface area (Å²) >= 11 is 0. The topological polar surface area (TPSA) is 106 Å². The normalized spacial score (nSPS) is 21.0. The van der Waals surface area contributed by atoms with Crippen LogP contribution in [-0.4, -0.2) is 44.3 Å². The second-order valence-electron chi connectivity index (χ2n) is 6.53. The van der Waals surface area contributed by atoms with Crippen LogP contribution in [0.2, 0.25) is 0 Å². The van der Waals surface area contributed by atoms with E-state index >= 15 is 0 Å². The van der Waals surface area contributed by atoms with Gasteiger partial charge in [0, 0.05) is 19.2 Å². The van der Waals surface area contributed by atoms with E-state index in [1.165, 1.54) is 0 Å². The Morgan fingerprint density at radius 2 is 2.14 bits per heavy atom. The van der Waals surface area contributed by atoms with Crippen molar-refractivity contribution in [3.8, 4) is 0 Å². The molecule has 1 heterocycles. The summed E-state index contributed by atoms with van der Waals surface area (Å²) in [5.41, 5.74) is 0.243. The monoisotopic (exact) mass is 310 g/mol. The summed E-state index contributed by atoms with van der Waals surface area (Å²) < 4.78 is 6.84. The van der Waals surface area contributed by atoms with E-state index in [1.54, 1.807) is 31.6 Å². The number of nitrogens with zero attached hydrogens (tertiary/aromatic N) is 3. The zero-order valence-corrected chi connectivity index (χ0v) is 13.1. The Morgan fingerprint density at radius 1 is 1.45 bits per heavy atom. The highest BCUT2D eigenvalue weighted by Gasteiger charge is 2.36. The molecule has 0 unspecified atom stereocenters. The number of carbonyl (C=O) groups is 2. The van der Waals surface area contributed by atoms with Crippen LogP contribution in [0.1, 0.15) is 45.3 Å². The first-order valence-corrected chi connectivity index (χ1v) is 7.35. The van der Waals surface area contributed by atoms with Gasteiger partial charge in [-0.05, 0) is 33.6 Å². The first kappa shape index (κ1) is 16.3. The number of amides is 1. The van der Waals surface area contributed by atoms with Gasteiger partial charge in [-0.15, -0.1) is 5.10 Å². The first-order valence-electron chi connectivity index (χ1n) is 7.35. The molecule has 0 atom stereocenters. The summed E-state index contributed by atoms with van der Waals surface area (Å²) in [4.78, 5) is 22.3. The number of hydrogen-bond acceptors (Lipinski definition) is 5. The third kappa shape index (κ3) is 4.44. The van der Waals surface area contributed by atoms with Crippen LogP contribution in [0, 0.1) is 5.92 Å². The highest BCUT2D eigenvalue weighted by molar-refractivity contribution is 5.71. The number of ether oxygens (including phenoxy) is 1. The van der Waals surface area contributed by atoms with E-state index in [1.807, 2.05) is 0 Å². The van der Waals surface area contributed by atoms with Crippen molar-refractivity contribution in [3.05, 3.63) is 11.9 Å². The molecule has 0 aromatic carbocycles. The van der Waals surface area contributed by atoms with Crippen molar-refractivity contribution in [1.82, 2.24) is 20.3 Å². The number of hydrogen-bond donors (Lipinski definition) is 2. The molecule has 0 aliphatic heterocycles. The van der Waals surface area contributed by atoms with Gasteiger partial charge in [0.2, 0.25) is 0 Å². The Labute approximate surface area is 128 Å². The van der Waals surface area contributed by atoms with Crippen molar-refractivity contribution in [1.29, 1.82) is 0 Å². The second kappa shape index (κ2) is 6.33. The Morgan fingerprint density at radius 3 is 2.73 bits per heavy atom. The third-order valence-corrected chi connectivity index (χ3v) is 3.44. The molecule has 1 saturated carbocycles. The molecule has 0 saturated heterocycles. The van der Waals surface area contributed by atoms with E-state index in [0.29, 0.717) is 25.8 Å². The number of rotatable bonds is 5. The minimum absolute atomic E-state index is 0.112. The van der Waals surface area contributed by atoms with Gasteiger partial charge in [0.25, 0.3) is 0 Å². The van der Waals surface area contributed by atoms with E-state index < -0.39 is 17.7 Å². The van der Waals surface area contributed by atoms with Crippen LogP contribution in [-0.2, 0) is 16.0 Å². The molecule has 1 aromatic rings. The predicted octanol–water partition coefficient (Wildman–Crippen LogP) is 1.38. The summed E-state index contributed by atoms with van der Waals surface area (Å²) in [6, 6.07) is 0.112. The second-order valence-corrected chi connectivity index (χ2v) is 6.53. The van der Waals surface area contributed by atoms with Gasteiger partial charge in [0.1, 0.15) is 5.60 Å². The van der Waals surface area contributed by atoms with Crippen LogP contribution in [0.5, 0.6) is 0 Å². The average Bonchev–Trinajstić information content (AvgIpc) is 2.72. The lowest BCUT2D eigenvalue weighted by Crippen LogP contribution is -2.33. The van der Waals surface area contributed by atoms with Crippen molar-refractivity contribution in [2.75, 3.05) is 6.54 Å². The summed E-state index contributed by atoms with van der Waals surface area (Å²) in [5, 5.41) is 19.6. The Kier molecular flexibility index (Phi) is 4.68. The molecule has 1 amide bonds. The number of aliphatic carboxylic acids is 1. The number of carboxylic acid groups (broad SMARTS) is 1. The Bertz CT molecular complexity index is 543. The van der Waals surface area contributed by atoms with Crippen molar-refractivity contribution < 1.29 is 19.4 Å². The van der Waals surface area contributed by atoms with Gasteiger partial charge < -0.3 is 15.2 Å². The maximum atomic E-state index is 11.5. The molecule has 0 spiro atoms. The van der Waals surface area contributed by atoms with Crippen LogP contribution < -0.4 is 5.32 Å². The van der Waals surface area contributed by atoms with Crippen LogP contribution in [0.25, 0.3) is 0 Å². The van der Waals surface area contributed by atoms with Crippen LogP contribution in [0.3, 0.4) is 0 Å². The molecule has 1 aliphatic rings. The summed E-state index contributed by atoms with van der Waals surface area (Å²) in [6.45, 7) is 5.83. The zero-order chi connectivity index (χ0) is 16.3. The van der Waals surface area contributed by atoms with Crippen LogP contribution >= 0.6 is 0 Å². The molecule has 1 aliphatic carbocycles. The lowest BCUT2D eigenvalue weighted by atomic mass is 9.80. The van der Waals surface area contributed by atoms with Crippen molar-refractivity contribution in [2.45, 2.75) is 51.7 Å². The van der Waals surface area contributed by atoms with Gasteiger partial charge in [-0.25, -0.2) is 9.48 Å². The molecule has 1 aromatic heterocycles. The third-order valence-electron chi connectivity index (χ3n) is 3.44. The van der Waals surface area contributed by atoms with E-state index in [0.717, 1.165) is 5.69 Å². The molecule has 0 radical (unpaired) electrons. The minimum atomic E-state index is -0.752. The molecule has 2 rings (SSSR count). The average molecular weight is 310 g/mol. The molecule has 1 fully saturated rings. The minimum Gasteiger partial charge on any atom is -0.481 e. The summed E-state index contributed by atoms with van der Waals surface area (Å²) in [5.74, 6) is -1.02. The van der Waals surface area contributed by atoms with E-state index in [2.05, 4.69) is 15.6 Å². The Hall–Kier alpha value is -2.12. The largest absolute Gasteiger partial charge is 0.481 e. The van der Waals surface area contributed by atoms with Gasteiger partial charge in [-0.3, -0.25) is 4.79 Å². The fourth-order valence-corrected chi connectivity index (χ4v) is 2.22. The summed E-state index contributed by atoms with van der Waals surface area (Å²) in [7, 11) is 0. The van der Waals surface area contributed by atoms with Crippen LogP contribution in [0.15, 0.2) is 6.20 Å².